The average molecular weight is 273 g/mol. The van der Waals surface area contributed by atoms with Crippen LogP contribution in [0.4, 0.5) is 5.69 Å². The van der Waals surface area contributed by atoms with Crippen LogP contribution in [0.1, 0.15) is 16.7 Å². The van der Waals surface area contributed by atoms with Gasteiger partial charge in [-0.15, -0.1) is 0 Å². The summed E-state index contributed by atoms with van der Waals surface area (Å²) in [5.74, 6) is 1.10. The molecule has 20 heavy (non-hydrogen) atoms. The van der Waals surface area contributed by atoms with Crippen LogP contribution in [-0.4, -0.2) is 10.0 Å². The molecule has 1 N–H and O–H groups in total. The number of aliphatic hydroxyl groups excluding tert-OH is 1. The summed E-state index contributed by atoms with van der Waals surface area (Å²) in [4.78, 5) is 10.2. The zero-order valence-corrected chi connectivity index (χ0v) is 11.3. The van der Waals surface area contributed by atoms with Crippen molar-refractivity contribution in [2.24, 2.45) is 0 Å². The largest absolute Gasteiger partial charge is 0.457 e. The number of rotatable bonds is 4. The fourth-order valence-electron chi connectivity index (χ4n) is 1.86. The number of benzene rings is 2. The fourth-order valence-corrected chi connectivity index (χ4v) is 1.86. The molecule has 0 amide bonds. The standard InChI is InChI=1S/C15H15NO4/c1-10-4-3-5-14(11(10)2)20-15-7-6-13(16(18)19)8-12(15)9-17/h3-8,17H,9H2,1-2H3. The van der Waals surface area contributed by atoms with Gasteiger partial charge in [0.05, 0.1) is 11.5 Å². The van der Waals surface area contributed by atoms with Crippen LogP contribution in [0.3, 0.4) is 0 Å². The van der Waals surface area contributed by atoms with E-state index < -0.39 is 4.92 Å². The zero-order chi connectivity index (χ0) is 14.7. The van der Waals surface area contributed by atoms with Crippen molar-refractivity contribution in [2.75, 3.05) is 0 Å². The van der Waals surface area contributed by atoms with Gasteiger partial charge in [0.2, 0.25) is 0 Å². The molecule has 2 rings (SSSR count). The number of aliphatic hydroxyl groups is 1. The molecule has 0 atom stereocenters. The van der Waals surface area contributed by atoms with Gasteiger partial charge in [-0.3, -0.25) is 10.1 Å². The van der Waals surface area contributed by atoms with Crippen molar-refractivity contribution >= 4 is 5.69 Å². The lowest BCUT2D eigenvalue weighted by molar-refractivity contribution is -0.385. The van der Waals surface area contributed by atoms with Gasteiger partial charge in [0, 0.05) is 17.7 Å². The predicted molar refractivity (Wildman–Crippen MR) is 75.0 cm³/mol. The van der Waals surface area contributed by atoms with E-state index in [-0.39, 0.29) is 12.3 Å². The van der Waals surface area contributed by atoms with E-state index in [0.717, 1.165) is 11.1 Å². The number of non-ortho nitro benzene ring substituents is 1. The first-order valence-corrected chi connectivity index (χ1v) is 6.15. The summed E-state index contributed by atoms with van der Waals surface area (Å²) in [5, 5.41) is 20.0. The maximum Gasteiger partial charge on any atom is 0.270 e. The maximum atomic E-state index is 10.7. The van der Waals surface area contributed by atoms with E-state index in [0.29, 0.717) is 17.1 Å². The van der Waals surface area contributed by atoms with Crippen LogP contribution < -0.4 is 4.74 Å². The number of hydrogen-bond acceptors (Lipinski definition) is 4. The van der Waals surface area contributed by atoms with Crippen LogP contribution >= 0.6 is 0 Å². The van der Waals surface area contributed by atoms with Gasteiger partial charge >= 0.3 is 0 Å². The van der Waals surface area contributed by atoms with Gasteiger partial charge in [0.25, 0.3) is 5.69 Å². The van der Waals surface area contributed by atoms with E-state index in [2.05, 4.69) is 0 Å². The Balaban J connectivity index is 2.38. The van der Waals surface area contributed by atoms with Crippen molar-refractivity contribution in [1.82, 2.24) is 0 Å². The second-order valence-electron chi connectivity index (χ2n) is 4.51. The summed E-state index contributed by atoms with van der Waals surface area (Å²) in [5.41, 5.74) is 2.41. The highest BCUT2D eigenvalue weighted by Gasteiger charge is 2.12. The van der Waals surface area contributed by atoms with E-state index >= 15 is 0 Å². The van der Waals surface area contributed by atoms with Gasteiger partial charge in [-0.25, -0.2) is 0 Å². The van der Waals surface area contributed by atoms with Crippen LogP contribution in [0.25, 0.3) is 0 Å². The molecule has 0 unspecified atom stereocenters. The summed E-state index contributed by atoms with van der Waals surface area (Å²) in [6.07, 6.45) is 0. The Labute approximate surface area is 116 Å². The molecule has 2 aromatic carbocycles. The zero-order valence-electron chi connectivity index (χ0n) is 11.3. The van der Waals surface area contributed by atoms with Gasteiger partial charge in [0.1, 0.15) is 11.5 Å². The van der Waals surface area contributed by atoms with Crippen LogP contribution in [0.15, 0.2) is 36.4 Å². The number of hydrogen-bond donors (Lipinski definition) is 1. The topological polar surface area (TPSA) is 72.6 Å². The number of aryl methyl sites for hydroxylation is 1. The summed E-state index contributed by atoms with van der Waals surface area (Å²) in [7, 11) is 0. The molecule has 0 bridgehead atoms. The number of ether oxygens (including phenoxy) is 1. The minimum atomic E-state index is -0.499. The molecule has 0 aliphatic heterocycles. The molecule has 0 radical (unpaired) electrons. The third kappa shape index (κ3) is 2.78. The molecule has 0 aliphatic rings. The minimum Gasteiger partial charge on any atom is -0.457 e. The second kappa shape index (κ2) is 5.71. The van der Waals surface area contributed by atoms with E-state index in [9.17, 15) is 15.2 Å². The fraction of sp³-hybridized carbons (Fsp3) is 0.200. The smallest absolute Gasteiger partial charge is 0.270 e. The molecule has 0 aliphatic carbocycles. The molecule has 0 fully saturated rings. The number of nitro benzene ring substituents is 1. The summed E-state index contributed by atoms with van der Waals surface area (Å²) < 4.78 is 5.76. The molecular formula is C15H15NO4. The van der Waals surface area contributed by atoms with E-state index in [1.165, 1.54) is 18.2 Å². The Morgan fingerprint density at radius 2 is 1.95 bits per heavy atom. The average Bonchev–Trinajstić information content (AvgIpc) is 2.44. The molecule has 0 heterocycles. The van der Waals surface area contributed by atoms with Crippen molar-refractivity contribution in [3.63, 3.8) is 0 Å². The van der Waals surface area contributed by atoms with Crippen molar-refractivity contribution in [3.05, 3.63) is 63.2 Å². The summed E-state index contributed by atoms with van der Waals surface area (Å²) in [6.45, 7) is 3.60. The normalized spacial score (nSPS) is 10.3. The summed E-state index contributed by atoms with van der Waals surface area (Å²) in [6, 6.07) is 9.86. The van der Waals surface area contributed by atoms with Crippen LogP contribution in [0.5, 0.6) is 11.5 Å². The van der Waals surface area contributed by atoms with Gasteiger partial charge in [-0.05, 0) is 37.1 Å². The molecule has 0 spiro atoms. The minimum absolute atomic E-state index is 0.0673. The SMILES string of the molecule is Cc1cccc(Oc2ccc([N+](=O)[O-])cc2CO)c1C. The third-order valence-corrected chi connectivity index (χ3v) is 3.20. The lowest BCUT2D eigenvalue weighted by Gasteiger charge is -2.13. The molecule has 2 aromatic rings. The summed E-state index contributed by atoms with van der Waals surface area (Å²) >= 11 is 0. The van der Waals surface area contributed by atoms with Gasteiger partial charge < -0.3 is 9.84 Å². The van der Waals surface area contributed by atoms with E-state index in [4.69, 9.17) is 4.74 Å². The second-order valence-corrected chi connectivity index (χ2v) is 4.51. The van der Waals surface area contributed by atoms with Gasteiger partial charge in [-0.2, -0.15) is 0 Å². The maximum absolute atomic E-state index is 10.7. The lowest BCUT2D eigenvalue weighted by Crippen LogP contribution is -1.96. The third-order valence-electron chi connectivity index (χ3n) is 3.20. The first kappa shape index (κ1) is 14.0. The Hall–Kier alpha value is -2.40. The molecular weight excluding hydrogens is 258 g/mol. The monoisotopic (exact) mass is 273 g/mol. The highest BCUT2D eigenvalue weighted by Crippen LogP contribution is 2.31. The van der Waals surface area contributed by atoms with Crippen LogP contribution in [0, 0.1) is 24.0 Å². The Kier molecular flexibility index (Phi) is 4.00. The first-order chi connectivity index (χ1) is 9.52. The van der Waals surface area contributed by atoms with Crippen LogP contribution in [0.2, 0.25) is 0 Å². The highest BCUT2D eigenvalue weighted by molar-refractivity contribution is 5.47. The Bertz CT molecular complexity index is 652. The van der Waals surface area contributed by atoms with E-state index in [1.807, 2.05) is 32.0 Å². The molecule has 104 valence electrons. The quantitative estimate of drug-likeness (QED) is 0.683. The van der Waals surface area contributed by atoms with E-state index in [1.54, 1.807) is 0 Å². The van der Waals surface area contributed by atoms with Crippen LogP contribution in [-0.2, 0) is 6.61 Å². The highest BCUT2D eigenvalue weighted by atomic mass is 16.6. The lowest BCUT2D eigenvalue weighted by atomic mass is 10.1. The molecule has 0 saturated carbocycles. The predicted octanol–water partition coefficient (Wildman–Crippen LogP) is 3.50. The molecule has 0 saturated heterocycles. The van der Waals surface area contributed by atoms with Crippen molar-refractivity contribution in [1.29, 1.82) is 0 Å². The Morgan fingerprint density at radius 1 is 1.20 bits per heavy atom. The van der Waals surface area contributed by atoms with Gasteiger partial charge in [0.15, 0.2) is 0 Å². The first-order valence-electron chi connectivity index (χ1n) is 6.15. The van der Waals surface area contributed by atoms with Crippen molar-refractivity contribution in [3.8, 4) is 11.5 Å². The number of nitrogens with zero attached hydrogens (tertiary/aromatic N) is 1. The van der Waals surface area contributed by atoms with Gasteiger partial charge in [-0.1, -0.05) is 12.1 Å². The van der Waals surface area contributed by atoms with Crippen molar-refractivity contribution in [2.45, 2.75) is 20.5 Å². The Morgan fingerprint density at radius 3 is 2.60 bits per heavy atom. The number of nitro groups is 1. The molecule has 5 heteroatoms. The molecule has 5 nitrogen and oxygen atoms in total. The van der Waals surface area contributed by atoms with Crippen molar-refractivity contribution < 1.29 is 14.8 Å². The molecule has 0 aromatic heterocycles.